The summed E-state index contributed by atoms with van der Waals surface area (Å²) in [6.45, 7) is 4.41. The van der Waals surface area contributed by atoms with Gasteiger partial charge < -0.3 is 15.3 Å². The van der Waals surface area contributed by atoms with E-state index in [1.807, 2.05) is 25.1 Å². The van der Waals surface area contributed by atoms with E-state index in [1.54, 1.807) is 11.8 Å². The molecular weight excluding hydrogens is 336 g/mol. The topological polar surface area (TPSA) is 69.6 Å². The first-order valence-electron chi connectivity index (χ1n) is 6.93. The SMILES string of the molecule is CCc1cc(Br)ccc1NC(=O)N1CCC(C)(C(=O)O)C1. The van der Waals surface area contributed by atoms with Gasteiger partial charge in [0.1, 0.15) is 0 Å². The Balaban J connectivity index is 2.08. The molecule has 1 heterocycles. The van der Waals surface area contributed by atoms with Gasteiger partial charge in [-0.05, 0) is 43.5 Å². The van der Waals surface area contributed by atoms with Crippen LogP contribution >= 0.6 is 15.9 Å². The number of carbonyl (C=O) groups is 2. The molecule has 1 aromatic carbocycles. The predicted molar refractivity (Wildman–Crippen MR) is 84.5 cm³/mol. The second kappa shape index (κ2) is 6.05. The van der Waals surface area contributed by atoms with Crippen LogP contribution < -0.4 is 5.32 Å². The Labute approximate surface area is 132 Å². The monoisotopic (exact) mass is 354 g/mol. The van der Waals surface area contributed by atoms with Crippen molar-refractivity contribution in [1.82, 2.24) is 4.90 Å². The number of halogens is 1. The Kier molecular flexibility index (Phi) is 4.56. The zero-order valence-electron chi connectivity index (χ0n) is 12.1. The van der Waals surface area contributed by atoms with Crippen molar-refractivity contribution < 1.29 is 14.7 Å². The molecule has 21 heavy (non-hydrogen) atoms. The van der Waals surface area contributed by atoms with Gasteiger partial charge in [0.15, 0.2) is 0 Å². The lowest BCUT2D eigenvalue weighted by Crippen LogP contribution is -2.37. The number of nitrogens with one attached hydrogen (secondary N) is 1. The minimum Gasteiger partial charge on any atom is -0.481 e. The van der Waals surface area contributed by atoms with Crippen molar-refractivity contribution in [3.63, 3.8) is 0 Å². The number of aliphatic carboxylic acids is 1. The number of rotatable bonds is 3. The highest BCUT2D eigenvalue weighted by Gasteiger charge is 2.42. The summed E-state index contributed by atoms with van der Waals surface area (Å²) in [6, 6.07) is 5.46. The van der Waals surface area contributed by atoms with Crippen LogP contribution in [-0.4, -0.2) is 35.1 Å². The fourth-order valence-electron chi connectivity index (χ4n) is 2.48. The molecule has 1 saturated heterocycles. The minimum atomic E-state index is -0.851. The summed E-state index contributed by atoms with van der Waals surface area (Å²) in [5, 5.41) is 12.1. The van der Waals surface area contributed by atoms with Gasteiger partial charge in [0.2, 0.25) is 0 Å². The summed E-state index contributed by atoms with van der Waals surface area (Å²) < 4.78 is 0.969. The molecule has 0 radical (unpaired) electrons. The van der Waals surface area contributed by atoms with E-state index >= 15 is 0 Å². The maximum atomic E-state index is 12.3. The maximum absolute atomic E-state index is 12.3. The first kappa shape index (κ1) is 15.8. The van der Waals surface area contributed by atoms with E-state index in [2.05, 4.69) is 21.2 Å². The molecule has 1 fully saturated rings. The zero-order chi connectivity index (χ0) is 15.6. The van der Waals surface area contributed by atoms with Gasteiger partial charge >= 0.3 is 12.0 Å². The molecule has 0 aromatic heterocycles. The third kappa shape index (κ3) is 3.37. The van der Waals surface area contributed by atoms with Gasteiger partial charge in [0.25, 0.3) is 0 Å². The number of anilines is 1. The fourth-order valence-corrected chi connectivity index (χ4v) is 2.89. The standard InChI is InChI=1S/C15H19BrN2O3/c1-3-10-8-11(16)4-5-12(10)17-14(21)18-7-6-15(2,9-18)13(19)20/h4-5,8H,3,6-7,9H2,1-2H3,(H,17,21)(H,19,20). The lowest BCUT2D eigenvalue weighted by molar-refractivity contribution is -0.146. The van der Waals surface area contributed by atoms with Crippen molar-refractivity contribution in [2.24, 2.45) is 5.41 Å². The summed E-state index contributed by atoms with van der Waals surface area (Å²) in [4.78, 5) is 25.1. The van der Waals surface area contributed by atoms with Crippen LogP contribution in [0, 0.1) is 5.41 Å². The molecule has 1 atom stereocenters. The van der Waals surface area contributed by atoms with Gasteiger partial charge in [-0.15, -0.1) is 0 Å². The molecule has 2 amide bonds. The molecule has 0 bridgehead atoms. The van der Waals surface area contributed by atoms with Gasteiger partial charge in [0, 0.05) is 23.2 Å². The molecule has 114 valence electrons. The molecular formula is C15H19BrN2O3. The highest BCUT2D eigenvalue weighted by Crippen LogP contribution is 2.31. The van der Waals surface area contributed by atoms with Crippen LogP contribution in [0.15, 0.2) is 22.7 Å². The quantitative estimate of drug-likeness (QED) is 0.874. The Morgan fingerprint density at radius 2 is 2.19 bits per heavy atom. The molecule has 1 aliphatic heterocycles. The predicted octanol–water partition coefficient (Wildman–Crippen LogP) is 3.34. The van der Waals surface area contributed by atoms with Crippen molar-refractivity contribution in [2.75, 3.05) is 18.4 Å². The average molecular weight is 355 g/mol. The van der Waals surface area contributed by atoms with Gasteiger partial charge in [-0.2, -0.15) is 0 Å². The van der Waals surface area contributed by atoms with Crippen LogP contribution in [0.4, 0.5) is 10.5 Å². The highest BCUT2D eigenvalue weighted by atomic mass is 79.9. The van der Waals surface area contributed by atoms with Crippen LogP contribution in [0.2, 0.25) is 0 Å². The summed E-state index contributed by atoms with van der Waals surface area (Å²) >= 11 is 3.41. The Morgan fingerprint density at radius 1 is 1.48 bits per heavy atom. The summed E-state index contributed by atoms with van der Waals surface area (Å²) in [7, 11) is 0. The molecule has 2 rings (SSSR count). The van der Waals surface area contributed by atoms with Crippen molar-refractivity contribution >= 4 is 33.6 Å². The molecule has 5 nitrogen and oxygen atoms in total. The van der Waals surface area contributed by atoms with Crippen LogP contribution in [0.5, 0.6) is 0 Å². The van der Waals surface area contributed by atoms with Crippen LogP contribution in [0.25, 0.3) is 0 Å². The number of aryl methyl sites for hydroxylation is 1. The van der Waals surface area contributed by atoms with E-state index in [-0.39, 0.29) is 12.6 Å². The van der Waals surface area contributed by atoms with Gasteiger partial charge in [-0.25, -0.2) is 4.79 Å². The second-order valence-electron chi connectivity index (χ2n) is 5.62. The summed E-state index contributed by atoms with van der Waals surface area (Å²) in [5.74, 6) is -0.851. The first-order valence-corrected chi connectivity index (χ1v) is 7.73. The number of nitrogens with zero attached hydrogens (tertiary/aromatic N) is 1. The van der Waals surface area contributed by atoms with E-state index in [0.717, 1.165) is 22.1 Å². The number of carbonyl (C=O) groups excluding carboxylic acids is 1. The Morgan fingerprint density at radius 3 is 2.76 bits per heavy atom. The number of carboxylic acids is 1. The number of amides is 2. The summed E-state index contributed by atoms with van der Waals surface area (Å²) in [6.07, 6.45) is 1.29. The molecule has 6 heteroatoms. The molecule has 0 spiro atoms. The normalized spacial score (nSPS) is 21.4. The average Bonchev–Trinajstić information content (AvgIpc) is 2.85. The van der Waals surface area contributed by atoms with E-state index in [1.165, 1.54) is 0 Å². The van der Waals surface area contributed by atoms with Gasteiger partial charge in [-0.1, -0.05) is 22.9 Å². The number of urea groups is 1. The van der Waals surface area contributed by atoms with Crippen LogP contribution in [-0.2, 0) is 11.2 Å². The lowest BCUT2D eigenvalue weighted by atomic mass is 9.90. The number of likely N-dealkylation sites (tertiary alicyclic amines) is 1. The molecule has 1 aliphatic rings. The maximum Gasteiger partial charge on any atom is 0.321 e. The number of carboxylic acid groups (broad SMARTS) is 1. The molecule has 0 saturated carbocycles. The molecule has 1 aromatic rings. The van der Waals surface area contributed by atoms with Crippen LogP contribution in [0.1, 0.15) is 25.8 Å². The molecule has 0 aliphatic carbocycles. The van der Waals surface area contributed by atoms with E-state index < -0.39 is 11.4 Å². The first-order chi connectivity index (χ1) is 9.85. The second-order valence-corrected chi connectivity index (χ2v) is 6.54. The third-order valence-electron chi connectivity index (χ3n) is 3.97. The third-order valence-corrected chi connectivity index (χ3v) is 4.46. The number of hydrogen-bond acceptors (Lipinski definition) is 2. The Hall–Kier alpha value is -1.56. The van der Waals surface area contributed by atoms with Crippen molar-refractivity contribution in [1.29, 1.82) is 0 Å². The highest BCUT2D eigenvalue weighted by molar-refractivity contribution is 9.10. The number of hydrogen-bond donors (Lipinski definition) is 2. The smallest absolute Gasteiger partial charge is 0.321 e. The van der Waals surface area contributed by atoms with Crippen LogP contribution in [0.3, 0.4) is 0 Å². The van der Waals surface area contributed by atoms with E-state index in [4.69, 9.17) is 0 Å². The molecule has 1 unspecified atom stereocenters. The van der Waals surface area contributed by atoms with Crippen molar-refractivity contribution in [3.8, 4) is 0 Å². The lowest BCUT2D eigenvalue weighted by Gasteiger charge is -2.21. The molecule has 2 N–H and O–H groups in total. The summed E-state index contributed by atoms with van der Waals surface area (Å²) in [5.41, 5.74) is 0.970. The van der Waals surface area contributed by atoms with Gasteiger partial charge in [-0.3, -0.25) is 4.79 Å². The van der Waals surface area contributed by atoms with Gasteiger partial charge in [0.05, 0.1) is 5.41 Å². The van der Waals surface area contributed by atoms with E-state index in [0.29, 0.717) is 13.0 Å². The zero-order valence-corrected chi connectivity index (χ0v) is 13.7. The number of benzene rings is 1. The van der Waals surface area contributed by atoms with Crippen molar-refractivity contribution in [2.45, 2.75) is 26.7 Å². The largest absolute Gasteiger partial charge is 0.481 e. The fraction of sp³-hybridized carbons (Fsp3) is 0.467. The van der Waals surface area contributed by atoms with E-state index in [9.17, 15) is 14.7 Å². The Bertz CT molecular complexity index is 576. The minimum absolute atomic E-state index is 0.239. The van der Waals surface area contributed by atoms with Crippen molar-refractivity contribution in [3.05, 3.63) is 28.2 Å².